The number of piperidine rings is 1. The molecule has 24 heavy (non-hydrogen) atoms. The lowest BCUT2D eigenvalue weighted by Gasteiger charge is -2.30. The lowest BCUT2D eigenvalue weighted by molar-refractivity contribution is 0.0696. The predicted molar refractivity (Wildman–Crippen MR) is 95.8 cm³/mol. The molecular formula is C18H21ClN4O. The van der Waals surface area contributed by atoms with Gasteiger partial charge in [-0.3, -0.25) is 4.79 Å². The van der Waals surface area contributed by atoms with Gasteiger partial charge in [0.15, 0.2) is 0 Å². The fourth-order valence-corrected chi connectivity index (χ4v) is 2.92. The second-order valence-corrected chi connectivity index (χ2v) is 6.79. The molecule has 1 aromatic heterocycles. The summed E-state index contributed by atoms with van der Waals surface area (Å²) in [6, 6.07) is 5.60. The second kappa shape index (κ2) is 7.18. The number of rotatable bonds is 3. The molecule has 1 N–H and O–H groups in total. The smallest absolute Gasteiger partial charge is 0.256 e. The number of likely N-dealkylation sites (tertiary alicyclic amines) is 1. The highest BCUT2D eigenvalue weighted by Gasteiger charge is 2.21. The summed E-state index contributed by atoms with van der Waals surface area (Å²) < 4.78 is 0. The maximum atomic E-state index is 12.5. The number of hydrogen-bond acceptors (Lipinski definition) is 4. The van der Waals surface area contributed by atoms with Crippen LogP contribution in [0.4, 0.5) is 11.6 Å². The number of halogens is 1. The van der Waals surface area contributed by atoms with Crippen molar-refractivity contribution in [1.29, 1.82) is 0 Å². The topological polar surface area (TPSA) is 58.1 Å². The molecular weight excluding hydrogens is 324 g/mol. The van der Waals surface area contributed by atoms with Crippen LogP contribution < -0.4 is 5.32 Å². The molecule has 0 aliphatic carbocycles. The van der Waals surface area contributed by atoms with Crippen molar-refractivity contribution in [2.75, 3.05) is 18.4 Å². The molecule has 1 saturated heterocycles. The van der Waals surface area contributed by atoms with Gasteiger partial charge in [0.1, 0.15) is 0 Å². The number of carbonyl (C=O) groups excluding carboxylic acids is 1. The normalized spacial score (nSPS) is 15.4. The van der Waals surface area contributed by atoms with E-state index in [0.717, 1.165) is 37.2 Å². The van der Waals surface area contributed by atoms with Crippen LogP contribution in [0, 0.1) is 12.8 Å². The van der Waals surface area contributed by atoms with Crippen LogP contribution in [-0.2, 0) is 0 Å². The first-order chi connectivity index (χ1) is 11.5. The van der Waals surface area contributed by atoms with Crippen molar-refractivity contribution in [2.24, 2.45) is 5.92 Å². The van der Waals surface area contributed by atoms with E-state index in [-0.39, 0.29) is 5.91 Å². The third-order valence-electron chi connectivity index (χ3n) is 4.42. The van der Waals surface area contributed by atoms with Crippen LogP contribution in [0.3, 0.4) is 0 Å². The first-order valence-corrected chi connectivity index (χ1v) is 8.55. The fourth-order valence-electron chi connectivity index (χ4n) is 2.75. The molecule has 1 aliphatic heterocycles. The zero-order valence-corrected chi connectivity index (χ0v) is 14.7. The Morgan fingerprint density at radius 3 is 2.58 bits per heavy atom. The van der Waals surface area contributed by atoms with Crippen LogP contribution in [0.15, 0.2) is 30.6 Å². The van der Waals surface area contributed by atoms with E-state index in [4.69, 9.17) is 11.6 Å². The second-order valence-electron chi connectivity index (χ2n) is 6.35. The Labute approximate surface area is 147 Å². The number of aromatic nitrogens is 2. The zero-order valence-electron chi connectivity index (χ0n) is 13.9. The number of carbonyl (C=O) groups is 1. The van der Waals surface area contributed by atoms with E-state index in [0.29, 0.717) is 22.5 Å². The van der Waals surface area contributed by atoms with Crippen LogP contribution >= 0.6 is 11.6 Å². The highest BCUT2D eigenvalue weighted by Crippen LogP contribution is 2.23. The molecule has 126 valence electrons. The minimum Gasteiger partial charge on any atom is -0.339 e. The molecule has 1 aromatic carbocycles. The van der Waals surface area contributed by atoms with Gasteiger partial charge in [-0.25, -0.2) is 9.97 Å². The molecule has 1 aliphatic rings. The Hall–Kier alpha value is -2.14. The van der Waals surface area contributed by atoms with Gasteiger partial charge < -0.3 is 10.2 Å². The maximum absolute atomic E-state index is 12.5. The van der Waals surface area contributed by atoms with Crippen LogP contribution in [0.1, 0.15) is 35.7 Å². The summed E-state index contributed by atoms with van der Waals surface area (Å²) in [5.74, 6) is 1.15. The average molecular weight is 345 g/mol. The van der Waals surface area contributed by atoms with Crippen molar-refractivity contribution < 1.29 is 4.79 Å². The quantitative estimate of drug-likeness (QED) is 0.912. The summed E-state index contributed by atoms with van der Waals surface area (Å²) in [5, 5.41) is 3.78. The largest absolute Gasteiger partial charge is 0.339 e. The summed E-state index contributed by atoms with van der Waals surface area (Å²) in [6.45, 7) is 5.82. The summed E-state index contributed by atoms with van der Waals surface area (Å²) in [5.41, 5.74) is 2.43. The third kappa shape index (κ3) is 3.85. The van der Waals surface area contributed by atoms with Gasteiger partial charge in [-0.05, 0) is 43.4 Å². The van der Waals surface area contributed by atoms with Gasteiger partial charge >= 0.3 is 0 Å². The van der Waals surface area contributed by atoms with Gasteiger partial charge in [0.25, 0.3) is 5.91 Å². The summed E-state index contributed by atoms with van der Waals surface area (Å²) >= 11 is 6.02. The highest BCUT2D eigenvalue weighted by molar-refractivity contribution is 6.30. The number of nitrogens with zero attached hydrogens (tertiary/aromatic N) is 3. The molecule has 0 saturated carbocycles. The van der Waals surface area contributed by atoms with Crippen LogP contribution in [0.25, 0.3) is 0 Å². The molecule has 1 fully saturated rings. The highest BCUT2D eigenvalue weighted by atomic mass is 35.5. The molecule has 2 heterocycles. The van der Waals surface area contributed by atoms with E-state index in [9.17, 15) is 4.79 Å². The molecule has 0 unspecified atom stereocenters. The van der Waals surface area contributed by atoms with Crippen molar-refractivity contribution in [3.05, 3.63) is 46.7 Å². The van der Waals surface area contributed by atoms with E-state index >= 15 is 0 Å². The van der Waals surface area contributed by atoms with Crippen molar-refractivity contribution in [3.63, 3.8) is 0 Å². The van der Waals surface area contributed by atoms with Gasteiger partial charge in [0, 0.05) is 36.2 Å². The Kier molecular flexibility index (Phi) is 5.00. The first kappa shape index (κ1) is 16.7. The zero-order chi connectivity index (χ0) is 17.1. The van der Waals surface area contributed by atoms with Crippen LogP contribution in [0.2, 0.25) is 5.02 Å². The van der Waals surface area contributed by atoms with Crippen LogP contribution in [0.5, 0.6) is 0 Å². The maximum Gasteiger partial charge on any atom is 0.256 e. The Morgan fingerprint density at radius 2 is 1.92 bits per heavy atom. The van der Waals surface area contributed by atoms with Crippen molar-refractivity contribution in [1.82, 2.24) is 14.9 Å². The minimum absolute atomic E-state index is 0.00684. The molecule has 6 heteroatoms. The SMILES string of the molecule is Cc1ccc(Cl)cc1Nc1ncc(C(=O)N2CCC(C)CC2)cn1. The molecule has 2 aromatic rings. The predicted octanol–water partition coefficient (Wildman–Crippen LogP) is 4.05. The van der Waals surface area contributed by atoms with Crippen LogP contribution in [-0.4, -0.2) is 33.9 Å². The van der Waals surface area contributed by atoms with Gasteiger partial charge in [0.2, 0.25) is 5.95 Å². The minimum atomic E-state index is 0.00684. The molecule has 0 spiro atoms. The number of benzene rings is 1. The molecule has 0 radical (unpaired) electrons. The average Bonchev–Trinajstić information content (AvgIpc) is 2.59. The van der Waals surface area contributed by atoms with Gasteiger partial charge in [-0.1, -0.05) is 24.6 Å². The Balaban J connectivity index is 1.69. The lowest BCUT2D eigenvalue weighted by Crippen LogP contribution is -2.38. The standard InChI is InChI=1S/C18H21ClN4O/c1-12-5-7-23(8-6-12)17(24)14-10-20-18(21-11-14)22-16-9-15(19)4-3-13(16)2/h3-4,9-12H,5-8H2,1-2H3,(H,20,21,22). The number of hydrogen-bond donors (Lipinski definition) is 1. The van der Waals surface area contributed by atoms with Gasteiger partial charge in [-0.2, -0.15) is 0 Å². The van der Waals surface area contributed by atoms with Gasteiger partial charge in [-0.15, -0.1) is 0 Å². The number of nitrogens with one attached hydrogen (secondary N) is 1. The third-order valence-corrected chi connectivity index (χ3v) is 4.65. The van der Waals surface area contributed by atoms with E-state index in [1.807, 2.05) is 30.0 Å². The number of anilines is 2. The van der Waals surface area contributed by atoms with Crippen molar-refractivity contribution in [2.45, 2.75) is 26.7 Å². The Bertz CT molecular complexity index is 724. The molecule has 1 amide bonds. The monoisotopic (exact) mass is 344 g/mol. The van der Waals surface area contributed by atoms with E-state index < -0.39 is 0 Å². The van der Waals surface area contributed by atoms with Crippen molar-refractivity contribution >= 4 is 29.1 Å². The first-order valence-electron chi connectivity index (χ1n) is 8.17. The number of amides is 1. The fraction of sp³-hybridized carbons (Fsp3) is 0.389. The van der Waals surface area contributed by atoms with E-state index in [2.05, 4.69) is 22.2 Å². The van der Waals surface area contributed by atoms with E-state index in [1.54, 1.807) is 12.4 Å². The van der Waals surface area contributed by atoms with E-state index in [1.165, 1.54) is 0 Å². The molecule has 3 rings (SSSR count). The molecule has 0 bridgehead atoms. The molecule has 5 nitrogen and oxygen atoms in total. The van der Waals surface area contributed by atoms with Crippen molar-refractivity contribution in [3.8, 4) is 0 Å². The van der Waals surface area contributed by atoms with Gasteiger partial charge in [0.05, 0.1) is 5.56 Å². The summed E-state index contributed by atoms with van der Waals surface area (Å²) in [6.07, 6.45) is 5.27. The summed E-state index contributed by atoms with van der Waals surface area (Å²) in [7, 11) is 0. The number of aryl methyl sites for hydroxylation is 1. The Morgan fingerprint density at radius 1 is 1.25 bits per heavy atom. The summed E-state index contributed by atoms with van der Waals surface area (Å²) in [4.78, 5) is 22.9. The molecule has 0 atom stereocenters. The lowest BCUT2D eigenvalue weighted by atomic mass is 9.99.